The third kappa shape index (κ3) is 10.1. The molecule has 0 aromatic heterocycles. The minimum absolute atomic E-state index is 0.0390. The number of amides is 1. The van der Waals surface area contributed by atoms with Gasteiger partial charge in [0, 0.05) is 12.8 Å². The van der Waals surface area contributed by atoms with E-state index < -0.39 is 18.0 Å². The van der Waals surface area contributed by atoms with Gasteiger partial charge in [-0.25, -0.2) is 4.79 Å². The van der Waals surface area contributed by atoms with Crippen LogP contribution in [0, 0.1) is 0 Å². The van der Waals surface area contributed by atoms with Crippen LogP contribution >= 0.6 is 0 Å². The number of hydrogen-bond donors (Lipinski definition) is 1. The van der Waals surface area contributed by atoms with Crippen LogP contribution in [-0.4, -0.2) is 30.5 Å². The number of rotatable bonds is 14. The fourth-order valence-corrected chi connectivity index (χ4v) is 3.35. The Kier molecular flexibility index (Phi) is 11.2. The molecule has 0 heterocycles. The van der Waals surface area contributed by atoms with Crippen LogP contribution < -0.4 is 5.32 Å². The monoisotopic (exact) mass is 489 g/mol. The molecule has 0 aliphatic rings. The van der Waals surface area contributed by atoms with Crippen LogP contribution in [0.4, 0.5) is 0 Å². The van der Waals surface area contributed by atoms with E-state index in [1.54, 1.807) is 0 Å². The molecule has 0 unspecified atom stereocenters. The Morgan fingerprint density at radius 3 is 1.69 bits per heavy atom. The van der Waals surface area contributed by atoms with Gasteiger partial charge >= 0.3 is 11.9 Å². The first-order valence-corrected chi connectivity index (χ1v) is 11.9. The highest BCUT2D eigenvalue weighted by molar-refractivity contribution is 5.85. The van der Waals surface area contributed by atoms with Crippen molar-refractivity contribution in [1.29, 1.82) is 0 Å². The molecule has 0 bridgehead atoms. The Labute approximate surface area is 211 Å². The summed E-state index contributed by atoms with van der Waals surface area (Å²) in [6.07, 6.45) is 0.105. The van der Waals surface area contributed by atoms with E-state index in [0.29, 0.717) is 6.61 Å². The summed E-state index contributed by atoms with van der Waals surface area (Å²) in [4.78, 5) is 37.5. The third-order valence-corrected chi connectivity index (χ3v) is 5.31. The van der Waals surface area contributed by atoms with Gasteiger partial charge in [-0.2, -0.15) is 0 Å². The molecule has 1 atom stereocenters. The topological polar surface area (TPSA) is 90.9 Å². The van der Waals surface area contributed by atoms with Crippen LogP contribution in [0.15, 0.2) is 91.0 Å². The van der Waals surface area contributed by atoms with Gasteiger partial charge in [-0.1, -0.05) is 91.0 Å². The molecule has 0 saturated carbocycles. The lowest BCUT2D eigenvalue weighted by Crippen LogP contribution is -2.42. The molecule has 1 N–H and O–H groups in total. The Bertz CT molecular complexity index is 1070. The molecule has 0 spiro atoms. The van der Waals surface area contributed by atoms with Crippen LogP contribution in [0.1, 0.15) is 36.0 Å². The minimum atomic E-state index is -0.973. The Balaban J connectivity index is 1.47. The van der Waals surface area contributed by atoms with Crippen molar-refractivity contribution >= 4 is 17.8 Å². The zero-order valence-corrected chi connectivity index (χ0v) is 20.1. The van der Waals surface area contributed by atoms with E-state index in [9.17, 15) is 14.4 Å². The predicted octanol–water partition coefficient (Wildman–Crippen LogP) is 4.35. The van der Waals surface area contributed by atoms with E-state index in [1.165, 1.54) is 0 Å². The number of carbonyl (C=O) groups excluding carboxylic acids is 3. The molecule has 3 aromatic rings. The van der Waals surface area contributed by atoms with Crippen molar-refractivity contribution < 1.29 is 28.6 Å². The van der Waals surface area contributed by atoms with Crippen molar-refractivity contribution in [3.8, 4) is 0 Å². The first-order chi connectivity index (χ1) is 17.6. The second kappa shape index (κ2) is 15.1. The van der Waals surface area contributed by atoms with Crippen LogP contribution in [0.2, 0.25) is 0 Å². The Morgan fingerprint density at radius 1 is 0.639 bits per heavy atom. The van der Waals surface area contributed by atoms with Gasteiger partial charge in [-0.05, 0) is 23.1 Å². The third-order valence-electron chi connectivity index (χ3n) is 5.31. The SMILES string of the molecule is O=C(CCOCc1ccccc1)N[C@@H](CCC(=O)OCc1ccccc1)C(=O)OCc1ccccc1. The molecular weight excluding hydrogens is 458 g/mol. The molecule has 36 heavy (non-hydrogen) atoms. The summed E-state index contributed by atoms with van der Waals surface area (Å²) >= 11 is 0. The summed E-state index contributed by atoms with van der Waals surface area (Å²) in [5.74, 6) is -1.42. The van der Waals surface area contributed by atoms with Crippen molar-refractivity contribution in [1.82, 2.24) is 5.32 Å². The molecule has 7 nitrogen and oxygen atoms in total. The van der Waals surface area contributed by atoms with Crippen LogP contribution in [0.25, 0.3) is 0 Å². The number of esters is 2. The summed E-state index contributed by atoms with van der Waals surface area (Å²) in [6.45, 7) is 0.814. The molecule has 3 aromatic carbocycles. The van der Waals surface area contributed by atoms with Gasteiger partial charge in [0.05, 0.1) is 13.2 Å². The maximum absolute atomic E-state index is 12.7. The smallest absolute Gasteiger partial charge is 0.328 e. The van der Waals surface area contributed by atoms with Crippen molar-refractivity contribution in [2.75, 3.05) is 6.61 Å². The van der Waals surface area contributed by atoms with E-state index in [4.69, 9.17) is 14.2 Å². The lowest BCUT2D eigenvalue weighted by molar-refractivity contribution is -0.150. The van der Waals surface area contributed by atoms with E-state index in [-0.39, 0.29) is 45.0 Å². The zero-order chi connectivity index (χ0) is 25.4. The maximum atomic E-state index is 12.7. The number of hydrogen-bond acceptors (Lipinski definition) is 6. The largest absolute Gasteiger partial charge is 0.461 e. The van der Waals surface area contributed by atoms with Gasteiger partial charge in [-0.3, -0.25) is 9.59 Å². The summed E-state index contributed by atoms with van der Waals surface area (Å²) in [6, 6.07) is 27.2. The fourth-order valence-electron chi connectivity index (χ4n) is 3.35. The summed E-state index contributed by atoms with van der Waals surface area (Å²) in [5, 5.41) is 2.68. The van der Waals surface area contributed by atoms with Crippen molar-refractivity contribution in [3.05, 3.63) is 108 Å². The lowest BCUT2D eigenvalue weighted by Gasteiger charge is -2.18. The number of nitrogens with one attached hydrogen (secondary N) is 1. The van der Waals surface area contributed by atoms with E-state index in [1.807, 2.05) is 91.0 Å². The second-order valence-corrected chi connectivity index (χ2v) is 8.19. The van der Waals surface area contributed by atoms with E-state index in [0.717, 1.165) is 16.7 Å². The molecule has 7 heteroatoms. The highest BCUT2D eigenvalue weighted by atomic mass is 16.5. The molecule has 0 aliphatic heterocycles. The van der Waals surface area contributed by atoms with Crippen LogP contribution in [0.5, 0.6) is 0 Å². The van der Waals surface area contributed by atoms with Crippen LogP contribution in [0.3, 0.4) is 0 Å². The van der Waals surface area contributed by atoms with E-state index >= 15 is 0 Å². The number of carbonyl (C=O) groups is 3. The van der Waals surface area contributed by atoms with Crippen molar-refractivity contribution in [2.24, 2.45) is 0 Å². The van der Waals surface area contributed by atoms with Crippen LogP contribution in [-0.2, 0) is 48.4 Å². The average Bonchev–Trinajstić information content (AvgIpc) is 2.92. The van der Waals surface area contributed by atoms with Gasteiger partial charge in [0.15, 0.2) is 0 Å². The zero-order valence-electron chi connectivity index (χ0n) is 20.1. The molecule has 0 saturated heterocycles. The predicted molar refractivity (Wildman–Crippen MR) is 134 cm³/mol. The van der Waals surface area contributed by atoms with Gasteiger partial charge in [-0.15, -0.1) is 0 Å². The highest BCUT2D eigenvalue weighted by Gasteiger charge is 2.24. The summed E-state index contributed by atoms with van der Waals surface area (Å²) in [5.41, 5.74) is 2.70. The van der Waals surface area contributed by atoms with Gasteiger partial charge < -0.3 is 19.5 Å². The lowest BCUT2D eigenvalue weighted by atomic mass is 10.1. The molecular formula is C29H31NO6. The Hall–Kier alpha value is -3.97. The van der Waals surface area contributed by atoms with Crippen molar-refractivity contribution in [2.45, 2.75) is 45.1 Å². The number of ether oxygens (including phenoxy) is 3. The standard InChI is InChI=1S/C29H31NO6/c31-27(18-19-34-20-23-10-4-1-5-11-23)30-26(29(33)36-22-25-14-8-3-9-15-25)16-17-28(32)35-21-24-12-6-2-7-13-24/h1-15,26H,16-22H2,(H,30,31)/t26-/m0/s1. The summed E-state index contributed by atoms with van der Waals surface area (Å²) in [7, 11) is 0. The molecule has 188 valence electrons. The normalized spacial score (nSPS) is 11.3. The van der Waals surface area contributed by atoms with Crippen molar-refractivity contribution in [3.63, 3.8) is 0 Å². The Morgan fingerprint density at radius 2 is 1.14 bits per heavy atom. The van der Waals surface area contributed by atoms with Gasteiger partial charge in [0.25, 0.3) is 0 Å². The fraction of sp³-hybridized carbons (Fsp3) is 0.276. The molecule has 0 fully saturated rings. The molecule has 3 rings (SSSR count). The molecule has 0 radical (unpaired) electrons. The highest BCUT2D eigenvalue weighted by Crippen LogP contribution is 2.09. The first kappa shape index (κ1) is 26.6. The molecule has 1 amide bonds. The average molecular weight is 490 g/mol. The second-order valence-electron chi connectivity index (χ2n) is 8.19. The quantitative estimate of drug-likeness (QED) is 0.268. The van der Waals surface area contributed by atoms with E-state index in [2.05, 4.69) is 5.32 Å². The maximum Gasteiger partial charge on any atom is 0.328 e. The van der Waals surface area contributed by atoms with Gasteiger partial charge in [0.1, 0.15) is 19.3 Å². The molecule has 0 aliphatic carbocycles. The van der Waals surface area contributed by atoms with Gasteiger partial charge in [0.2, 0.25) is 5.91 Å². The summed E-state index contributed by atoms with van der Waals surface area (Å²) < 4.78 is 16.2. The number of benzene rings is 3. The minimum Gasteiger partial charge on any atom is -0.461 e. The first-order valence-electron chi connectivity index (χ1n) is 11.9.